The molecule has 1 aliphatic rings. The summed E-state index contributed by atoms with van der Waals surface area (Å²) in [4.78, 5) is 16.3. The molecule has 112 valence electrons. The van der Waals surface area contributed by atoms with Gasteiger partial charge in [0.15, 0.2) is 5.13 Å². The molecule has 0 aliphatic heterocycles. The summed E-state index contributed by atoms with van der Waals surface area (Å²) < 4.78 is 24.0. The number of nitrogens with zero attached hydrogens (tertiary/aromatic N) is 1. The highest BCUT2D eigenvalue weighted by Gasteiger charge is 2.24. The van der Waals surface area contributed by atoms with Crippen LogP contribution in [0.2, 0.25) is 0 Å². The molecule has 0 radical (unpaired) electrons. The SMILES string of the molecule is CS(=O)(=O)NCCNC(=O)c1sc(NC2CC2)nc1N. The fourth-order valence-electron chi connectivity index (χ4n) is 1.45. The minimum absolute atomic E-state index is 0.135. The predicted molar refractivity (Wildman–Crippen MR) is 78.4 cm³/mol. The van der Waals surface area contributed by atoms with Gasteiger partial charge in [0, 0.05) is 19.1 Å². The van der Waals surface area contributed by atoms with Gasteiger partial charge in [0.2, 0.25) is 10.0 Å². The highest BCUT2D eigenvalue weighted by atomic mass is 32.2. The van der Waals surface area contributed by atoms with Gasteiger partial charge in [-0.25, -0.2) is 18.1 Å². The monoisotopic (exact) mass is 319 g/mol. The number of hydrogen-bond donors (Lipinski definition) is 4. The normalized spacial score (nSPS) is 15.1. The summed E-state index contributed by atoms with van der Waals surface area (Å²) >= 11 is 1.20. The molecule has 8 nitrogen and oxygen atoms in total. The van der Waals surface area contributed by atoms with Crippen molar-refractivity contribution in [3.8, 4) is 0 Å². The average molecular weight is 319 g/mol. The first-order valence-electron chi connectivity index (χ1n) is 6.11. The molecule has 1 amide bonds. The summed E-state index contributed by atoms with van der Waals surface area (Å²) in [5.74, 6) is -0.161. The molecule has 0 saturated heterocycles. The molecule has 10 heteroatoms. The molecule has 1 aromatic heterocycles. The van der Waals surface area contributed by atoms with E-state index < -0.39 is 10.0 Å². The molecular weight excluding hydrogens is 302 g/mol. The zero-order chi connectivity index (χ0) is 14.8. The van der Waals surface area contributed by atoms with Gasteiger partial charge in [-0.05, 0) is 12.8 Å². The van der Waals surface area contributed by atoms with Crippen LogP contribution >= 0.6 is 11.3 Å². The summed E-state index contributed by atoms with van der Waals surface area (Å²) in [6.45, 7) is 0.324. The van der Waals surface area contributed by atoms with E-state index in [1.165, 1.54) is 11.3 Å². The molecule has 1 aromatic rings. The van der Waals surface area contributed by atoms with Crippen LogP contribution in [0.4, 0.5) is 10.9 Å². The van der Waals surface area contributed by atoms with Gasteiger partial charge in [0.1, 0.15) is 10.7 Å². The standard InChI is InChI=1S/C10H17N5O3S2/c1-20(17,18)13-5-4-12-9(16)7-8(11)15-10(19-7)14-6-2-3-6/h6,13H,2-5,11H2,1H3,(H,12,16)(H,14,15). The fourth-order valence-corrected chi connectivity index (χ4v) is 2.80. The Bertz CT molecular complexity index is 594. The molecule has 20 heavy (non-hydrogen) atoms. The summed E-state index contributed by atoms with van der Waals surface area (Å²) in [6.07, 6.45) is 3.28. The molecule has 2 rings (SSSR count). The number of sulfonamides is 1. The van der Waals surface area contributed by atoms with Crippen molar-refractivity contribution in [2.75, 3.05) is 30.4 Å². The summed E-state index contributed by atoms with van der Waals surface area (Å²) in [5.41, 5.74) is 5.70. The average Bonchev–Trinajstić information content (AvgIpc) is 3.06. The minimum atomic E-state index is -3.24. The highest BCUT2D eigenvalue weighted by Crippen LogP contribution is 2.30. The third kappa shape index (κ3) is 4.62. The van der Waals surface area contributed by atoms with E-state index in [0.29, 0.717) is 16.1 Å². The maximum absolute atomic E-state index is 11.9. The number of thiazole rings is 1. The Morgan fingerprint density at radius 1 is 1.45 bits per heavy atom. The van der Waals surface area contributed by atoms with Crippen molar-refractivity contribution in [2.45, 2.75) is 18.9 Å². The summed E-state index contributed by atoms with van der Waals surface area (Å²) in [7, 11) is -3.24. The first-order valence-corrected chi connectivity index (χ1v) is 8.81. The first-order chi connectivity index (χ1) is 9.35. The zero-order valence-corrected chi connectivity index (χ0v) is 12.6. The molecule has 1 fully saturated rings. The molecule has 5 N–H and O–H groups in total. The van der Waals surface area contributed by atoms with Gasteiger partial charge in [0.25, 0.3) is 5.91 Å². The first kappa shape index (κ1) is 15.0. The number of carbonyl (C=O) groups is 1. The van der Waals surface area contributed by atoms with E-state index in [1.807, 2.05) is 0 Å². The predicted octanol–water partition coefficient (Wildman–Crippen LogP) is -0.421. The highest BCUT2D eigenvalue weighted by molar-refractivity contribution is 7.88. The third-order valence-electron chi connectivity index (χ3n) is 2.54. The number of anilines is 2. The van der Waals surface area contributed by atoms with Crippen LogP contribution in [0, 0.1) is 0 Å². The molecule has 1 heterocycles. The molecule has 0 spiro atoms. The lowest BCUT2D eigenvalue weighted by atomic mass is 10.4. The number of nitrogens with two attached hydrogens (primary N) is 1. The van der Waals surface area contributed by atoms with E-state index in [-0.39, 0.29) is 24.8 Å². The van der Waals surface area contributed by atoms with Crippen LogP contribution in [0.3, 0.4) is 0 Å². The van der Waals surface area contributed by atoms with Crippen molar-refractivity contribution in [2.24, 2.45) is 0 Å². The van der Waals surface area contributed by atoms with E-state index in [0.717, 1.165) is 19.1 Å². The minimum Gasteiger partial charge on any atom is -0.382 e. The lowest BCUT2D eigenvalue weighted by Gasteiger charge is -2.04. The molecule has 0 unspecified atom stereocenters. The third-order valence-corrected chi connectivity index (χ3v) is 4.27. The Labute approximate surface area is 121 Å². The van der Waals surface area contributed by atoms with Gasteiger partial charge in [-0.3, -0.25) is 4.79 Å². The van der Waals surface area contributed by atoms with E-state index >= 15 is 0 Å². The second-order valence-corrected chi connectivity index (χ2v) is 7.41. The summed E-state index contributed by atoms with van der Waals surface area (Å²) in [6, 6.07) is 0.440. The number of nitrogens with one attached hydrogen (secondary N) is 3. The number of rotatable bonds is 7. The lowest BCUT2D eigenvalue weighted by Crippen LogP contribution is -2.34. The Morgan fingerprint density at radius 2 is 2.15 bits per heavy atom. The van der Waals surface area contributed by atoms with Crippen LogP contribution in [0.5, 0.6) is 0 Å². The van der Waals surface area contributed by atoms with Crippen molar-refractivity contribution in [1.29, 1.82) is 0 Å². The number of hydrogen-bond acceptors (Lipinski definition) is 7. The van der Waals surface area contributed by atoms with E-state index in [2.05, 4.69) is 20.3 Å². The second kappa shape index (κ2) is 5.94. The molecule has 0 bridgehead atoms. The van der Waals surface area contributed by atoms with Gasteiger partial charge < -0.3 is 16.4 Å². The molecular formula is C10H17N5O3S2. The van der Waals surface area contributed by atoms with Crippen molar-refractivity contribution in [1.82, 2.24) is 15.0 Å². The maximum Gasteiger partial charge on any atom is 0.265 e. The van der Waals surface area contributed by atoms with Crippen molar-refractivity contribution in [3.63, 3.8) is 0 Å². The quantitative estimate of drug-likeness (QED) is 0.506. The van der Waals surface area contributed by atoms with Crippen LogP contribution in [0.25, 0.3) is 0 Å². The topological polar surface area (TPSA) is 126 Å². The summed E-state index contributed by atoms with van der Waals surface area (Å²) in [5, 5.41) is 6.41. The Hall–Kier alpha value is -1.39. The fraction of sp³-hybridized carbons (Fsp3) is 0.600. The Balaban J connectivity index is 1.83. The lowest BCUT2D eigenvalue weighted by molar-refractivity contribution is 0.0959. The van der Waals surface area contributed by atoms with Crippen LogP contribution in [-0.4, -0.2) is 44.7 Å². The second-order valence-electron chi connectivity index (χ2n) is 4.57. The molecule has 1 aliphatic carbocycles. The van der Waals surface area contributed by atoms with Gasteiger partial charge in [-0.1, -0.05) is 11.3 Å². The van der Waals surface area contributed by atoms with Gasteiger partial charge in [-0.2, -0.15) is 0 Å². The number of aromatic nitrogens is 1. The largest absolute Gasteiger partial charge is 0.382 e. The van der Waals surface area contributed by atoms with Crippen LogP contribution < -0.4 is 21.1 Å². The van der Waals surface area contributed by atoms with Crippen LogP contribution in [-0.2, 0) is 10.0 Å². The van der Waals surface area contributed by atoms with E-state index in [4.69, 9.17) is 5.73 Å². The molecule has 0 atom stereocenters. The van der Waals surface area contributed by atoms with E-state index in [9.17, 15) is 13.2 Å². The Morgan fingerprint density at radius 3 is 2.75 bits per heavy atom. The van der Waals surface area contributed by atoms with Gasteiger partial charge >= 0.3 is 0 Å². The van der Waals surface area contributed by atoms with Crippen LogP contribution in [0.1, 0.15) is 22.5 Å². The smallest absolute Gasteiger partial charge is 0.265 e. The number of nitrogen functional groups attached to an aromatic ring is 1. The van der Waals surface area contributed by atoms with Gasteiger partial charge in [0.05, 0.1) is 6.26 Å². The molecule has 1 saturated carbocycles. The van der Waals surface area contributed by atoms with Crippen molar-refractivity contribution in [3.05, 3.63) is 4.88 Å². The van der Waals surface area contributed by atoms with Crippen molar-refractivity contribution >= 4 is 38.2 Å². The maximum atomic E-state index is 11.9. The van der Waals surface area contributed by atoms with Crippen molar-refractivity contribution < 1.29 is 13.2 Å². The van der Waals surface area contributed by atoms with Crippen LogP contribution in [0.15, 0.2) is 0 Å². The Kier molecular flexibility index (Phi) is 4.45. The zero-order valence-electron chi connectivity index (χ0n) is 11.0. The van der Waals surface area contributed by atoms with E-state index in [1.54, 1.807) is 0 Å². The molecule has 0 aromatic carbocycles. The van der Waals surface area contributed by atoms with Gasteiger partial charge in [-0.15, -0.1) is 0 Å². The number of amides is 1. The number of carbonyl (C=O) groups excluding carboxylic acids is 1.